The molecule has 9 nitrogen and oxygen atoms in total. The zero-order chi connectivity index (χ0) is 25.6. The first kappa shape index (κ1) is 24.9. The van der Waals surface area contributed by atoms with Gasteiger partial charge in [-0.05, 0) is 43.8 Å². The molecule has 0 bridgehead atoms. The number of alkyl halides is 2. The molecule has 1 aromatic carbocycles. The summed E-state index contributed by atoms with van der Waals surface area (Å²) in [6.45, 7) is 7.78. The first-order chi connectivity index (χ1) is 17.2. The highest BCUT2D eigenvalue weighted by Crippen LogP contribution is 2.40. The van der Waals surface area contributed by atoms with Crippen molar-refractivity contribution in [2.24, 2.45) is 5.92 Å². The lowest BCUT2D eigenvalue weighted by atomic mass is 10.1. The molecular weight excluding hydrogens is 506 g/mol. The molecule has 1 aliphatic carbocycles. The maximum atomic E-state index is 13.1. The van der Waals surface area contributed by atoms with Gasteiger partial charge in [-0.15, -0.1) is 10.2 Å². The van der Waals surface area contributed by atoms with E-state index in [1.54, 1.807) is 6.20 Å². The Labute approximate surface area is 215 Å². The molecule has 1 N–H and O–H groups in total. The lowest BCUT2D eigenvalue weighted by Gasteiger charge is -2.42. The Bertz CT molecular complexity index is 1330. The van der Waals surface area contributed by atoms with Crippen molar-refractivity contribution in [1.29, 1.82) is 5.26 Å². The lowest BCUT2D eigenvalue weighted by Crippen LogP contribution is -2.55. The minimum atomic E-state index is -2.70. The monoisotopic (exact) mass is 532 g/mol. The van der Waals surface area contributed by atoms with Crippen molar-refractivity contribution >= 4 is 45.8 Å². The molecule has 3 heterocycles. The van der Waals surface area contributed by atoms with E-state index >= 15 is 0 Å². The maximum Gasteiger partial charge on any atom is 0.291 e. The Morgan fingerprint density at radius 3 is 2.69 bits per heavy atom. The topological polar surface area (TPSA) is 103 Å². The zero-order valence-electron chi connectivity index (χ0n) is 20.1. The summed E-state index contributed by atoms with van der Waals surface area (Å²) in [5.74, 6) is 0.0839. The summed E-state index contributed by atoms with van der Waals surface area (Å²) in [4.78, 5) is 17.7. The number of aromatic nitrogens is 4. The quantitative estimate of drug-likeness (QED) is 0.453. The number of piperazine rings is 1. The van der Waals surface area contributed by atoms with Gasteiger partial charge in [-0.2, -0.15) is 10.4 Å². The van der Waals surface area contributed by atoms with E-state index in [0.29, 0.717) is 25.2 Å². The molecule has 3 aromatic rings. The van der Waals surface area contributed by atoms with Crippen LogP contribution in [0.5, 0.6) is 0 Å². The van der Waals surface area contributed by atoms with E-state index in [9.17, 15) is 18.8 Å². The highest BCUT2D eigenvalue weighted by molar-refractivity contribution is 7.97. The fourth-order valence-electron chi connectivity index (χ4n) is 4.31. The Kier molecular flexibility index (Phi) is 6.61. The summed E-state index contributed by atoms with van der Waals surface area (Å²) in [6.07, 6.45) is 0.613. The van der Waals surface area contributed by atoms with Crippen LogP contribution in [0.3, 0.4) is 0 Å². The van der Waals surface area contributed by atoms with Crippen molar-refractivity contribution in [3.63, 3.8) is 0 Å². The van der Waals surface area contributed by atoms with Crippen LogP contribution in [0, 0.1) is 17.2 Å². The molecule has 1 aliphatic heterocycles. The van der Waals surface area contributed by atoms with Crippen LogP contribution in [0.2, 0.25) is 0 Å². The van der Waals surface area contributed by atoms with Gasteiger partial charge in [0.15, 0.2) is 5.01 Å². The molecule has 1 saturated carbocycles. The number of fused-ring (bicyclic) bond motifs is 1. The Morgan fingerprint density at radius 2 is 2.08 bits per heavy atom. The van der Waals surface area contributed by atoms with Crippen LogP contribution in [-0.4, -0.2) is 62.0 Å². The van der Waals surface area contributed by atoms with Crippen molar-refractivity contribution in [3.8, 4) is 11.2 Å². The molecule has 1 atom stereocenters. The second-order valence-corrected chi connectivity index (χ2v) is 11.4. The summed E-state index contributed by atoms with van der Waals surface area (Å²) >= 11 is 2.18. The number of carbonyl (C=O) groups excluding carboxylic acids is 1. The van der Waals surface area contributed by atoms with E-state index in [-0.39, 0.29) is 28.0 Å². The molecule has 0 radical (unpaired) electrons. The van der Waals surface area contributed by atoms with Gasteiger partial charge in [-0.25, -0.2) is 18.2 Å². The summed E-state index contributed by atoms with van der Waals surface area (Å²) in [7, 11) is 0. The van der Waals surface area contributed by atoms with Crippen LogP contribution in [0.4, 0.5) is 14.5 Å². The Balaban J connectivity index is 1.51. The van der Waals surface area contributed by atoms with E-state index in [1.807, 2.05) is 31.7 Å². The third-order valence-corrected chi connectivity index (χ3v) is 8.38. The minimum absolute atomic E-state index is 0.0262. The molecule has 5 rings (SSSR count). The normalized spacial score (nSPS) is 19.3. The number of halogens is 2. The highest BCUT2D eigenvalue weighted by atomic mass is 32.2. The fraction of sp³-hybridized carbons (Fsp3) is 0.522. The molecule has 2 aliphatic rings. The first-order valence-corrected chi connectivity index (χ1v) is 13.4. The molecule has 1 amide bonds. The van der Waals surface area contributed by atoms with E-state index in [0.717, 1.165) is 40.1 Å². The van der Waals surface area contributed by atoms with Gasteiger partial charge in [0.2, 0.25) is 11.0 Å². The third-order valence-electron chi connectivity index (χ3n) is 6.51. The summed E-state index contributed by atoms with van der Waals surface area (Å²) < 4.78 is 31.1. The predicted octanol–water partition coefficient (Wildman–Crippen LogP) is 4.16. The lowest BCUT2D eigenvalue weighted by molar-refractivity contribution is -0.136. The van der Waals surface area contributed by atoms with Crippen molar-refractivity contribution in [2.45, 2.75) is 56.5 Å². The number of nitrogens with one attached hydrogen (secondary N) is 1. The highest BCUT2D eigenvalue weighted by Gasteiger charge is 2.43. The largest absolute Gasteiger partial charge is 0.367 e. The second-order valence-electron chi connectivity index (χ2n) is 9.53. The van der Waals surface area contributed by atoms with Crippen LogP contribution in [0.1, 0.15) is 45.0 Å². The average Bonchev–Trinajstić information content (AvgIpc) is 3.25. The average molecular weight is 533 g/mol. The number of benzene rings is 1. The fourth-order valence-corrected chi connectivity index (χ4v) is 5.89. The smallest absolute Gasteiger partial charge is 0.291 e. The van der Waals surface area contributed by atoms with E-state index in [4.69, 9.17) is 0 Å². The summed E-state index contributed by atoms with van der Waals surface area (Å²) in [6, 6.07) is 6.33. The molecule has 1 saturated heterocycles. The van der Waals surface area contributed by atoms with Crippen LogP contribution in [-0.2, 0) is 4.79 Å². The van der Waals surface area contributed by atoms with E-state index < -0.39 is 12.0 Å². The number of rotatable bonds is 7. The molecule has 0 spiro atoms. The number of nitrogens with zero attached hydrogens (tertiary/aromatic N) is 7. The number of hydrogen-bond acceptors (Lipinski definition) is 9. The summed E-state index contributed by atoms with van der Waals surface area (Å²) in [5.41, 5.74) is 1.14. The Hall–Kier alpha value is -2.82. The van der Waals surface area contributed by atoms with Gasteiger partial charge < -0.3 is 9.80 Å². The second kappa shape index (κ2) is 9.57. The van der Waals surface area contributed by atoms with Gasteiger partial charge in [-0.3, -0.25) is 4.79 Å². The van der Waals surface area contributed by atoms with Crippen molar-refractivity contribution < 1.29 is 13.6 Å². The molecule has 36 heavy (non-hydrogen) atoms. The molecule has 190 valence electrons. The van der Waals surface area contributed by atoms with Crippen molar-refractivity contribution in [3.05, 3.63) is 23.3 Å². The van der Waals surface area contributed by atoms with Crippen molar-refractivity contribution in [2.75, 3.05) is 24.5 Å². The zero-order valence-corrected chi connectivity index (χ0v) is 21.7. The van der Waals surface area contributed by atoms with Gasteiger partial charge >= 0.3 is 0 Å². The van der Waals surface area contributed by atoms with Gasteiger partial charge in [-0.1, -0.05) is 25.2 Å². The van der Waals surface area contributed by atoms with E-state index in [2.05, 4.69) is 37.1 Å². The van der Waals surface area contributed by atoms with Gasteiger partial charge in [0, 0.05) is 47.6 Å². The molecule has 2 fully saturated rings. The third kappa shape index (κ3) is 4.65. The first-order valence-electron chi connectivity index (χ1n) is 11.8. The molecule has 13 heteroatoms. The van der Waals surface area contributed by atoms with Gasteiger partial charge in [0.1, 0.15) is 5.54 Å². The minimum Gasteiger partial charge on any atom is -0.367 e. The number of hydrogen-bond donors (Lipinski definition) is 1. The number of anilines is 1. The molecule has 2 aromatic heterocycles. The van der Waals surface area contributed by atoms with Gasteiger partial charge in [0.25, 0.3) is 6.43 Å². The number of carbonyl (C=O) groups is 1. The Morgan fingerprint density at radius 1 is 1.31 bits per heavy atom. The van der Waals surface area contributed by atoms with Crippen LogP contribution < -0.4 is 9.62 Å². The SMILES string of the molecule is CC(C)C(=O)N1CCN(c2cc(SNC3(C#N)CC3)cc3c2cnn3-c2nnc(C(F)F)s2)CC1C. The molecular formula is C23H26F2N8OS2. The van der Waals surface area contributed by atoms with Crippen LogP contribution in [0.15, 0.2) is 23.2 Å². The van der Waals surface area contributed by atoms with Crippen molar-refractivity contribution in [1.82, 2.24) is 29.6 Å². The van der Waals surface area contributed by atoms with E-state index in [1.165, 1.54) is 16.6 Å². The maximum absolute atomic E-state index is 13.1. The standard InChI is InChI=1S/C23H26F2N8OS2/c1-13(2)21(34)32-7-6-31(11-14(32)3)17-8-15(36-30-23(12-26)4-5-23)9-18-16(17)10-27-33(18)22-29-28-20(35-22)19(24)25/h8-10,13-14,19,30H,4-7,11H2,1-3H3. The van der Waals surface area contributed by atoms with Crippen LogP contribution >= 0.6 is 23.3 Å². The number of amides is 1. The van der Waals surface area contributed by atoms with Gasteiger partial charge in [0.05, 0.1) is 17.8 Å². The molecule has 1 unspecified atom stereocenters. The predicted molar refractivity (Wildman–Crippen MR) is 134 cm³/mol. The number of nitriles is 1. The summed E-state index contributed by atoms with van der Waals surface area (Å²) in [5, 5.41) is 22.2. The van der Waals surface area contributed by atoms with Crippen LogP contribution in [0.25, 0.3) is 16.0 Å².